The van der Waals surface area contributed by atoms with Crippen LogP contribution >= 0.6 is 0 Å². The lowest BCUT2D eigenvalue weighted by atomic mass is 10.2. The fourth-order valence-corrected chi connectivity index (χ4v) is 1.11. The highest BCUT2D eigenvalue weighted by Crippen LogP contribution is 2.05. The number of ether oxygens (including phenoxy) is 1. The van der Waals surface area contributed by atoms with Crippen molar-refractivity contribution in [2.75, 3.05) is 6.61 Å². The van der Waals surface area contributed by atoms with Gasteiger partial charge in [0.05, 0.1) is 13.0 Å². The molecule has 78 valence electrons. The lowest BCUT2D eigenvalue weighted by molar-refractivity contribution is -0.141. The van der Waals surface area contributed by atoms with Gasteiger partial charge in [0, 0.05) is 12.8 Å². The summed E-state index contributed by atoms with van der Waals surface area (Å²) >= 11 is 0. The number of amides is 1. The number of carboxylic acids is 1. The van der Waals surface area contributed by atoms with E-state index in [0.29, 0.717) is 13.0 Å². The van der Waals surface area contributed by atoms with Crippen LogP contribution in [0.1, 0.15) is 19.3 Å². The predicted octanol–water partition coefficient (Wildman–Crippen LogP) is -0.717. The topological polar surface area (TPSA) is 92.7 Å². The minimum absolute atomic E-state index is 0.112. The zero-order chi connectivity index (χ0) is 10.6. The summed E-state index contributed by atoms with van der Waals surface area (Å²) in [5, 5.41) is 10.7. The highest BCUT2D eigenvalue weighted by Gasteiger charge is 2.27. The van der Waals surface area contributed by atoms with E-state index in [1.807, 2.05) is 0 Å². The molecule has 0 radical (unpaired) electrons. The summed E-state index contributed by atoms with van der Waals surface area (Å²) < 4.78 is 4.62. The number of nitrogens with one attached hydrogen (secondary N) is 1. The normalized spacial score (nSPS) is 20.3. The van der Waals surface area contributed by atoms with Crippen molar-refractivity contribution in [2.24, 2.45) is 0 Å². The van der Waals surface area contributed by atoms with Crippen molar-refractivity contribution in [3.8, 4) is 0 Å². The lowest BCUT2D eigenvalue weighted by Gasteiger charge is -2.07. The molecule has 0 bridgehead atoms. The smallest absolute Gasteiger partial charge is 0.328 e. The number of aliphatic carboxylic acids is 1. The molecule has 0 aromatic heterocycles. The molecule has 6 heteroatoms. The van der Waals surface area contributed by atoms with Crippen molar-refractivity contribution in [3.63, 3.8) is 0 Å². The first-order valence-corrected chi connectivity index (χ1v) is 4.27. The highest BCUT2D eigenvalue weighted by atomic mass is 16.5. The maximum atomic E-state index is 11.1. The van der Waals surface area contributed by atoms with Gasteiger partial charge in [0.25, 0.3) is 0 Å². The molecule has 1 heterocycles. The fourth-order valence-electron chi connectivity index (χ4n) is 1.11. The summed E-state index contributed by atoms with van der Waals surface area (Å²) in [4.78, 5) is 32.1. The predicted molar refractivity (Wildman–Crippen MR) is 44.4 cm³/mol. The fraction of sp³-hybridized carbons (Fsp3) is 0.625. The SMILES string of the molecule is O=C(O)CCC(=O)N[C@@H]1CCOC1=O. The van der Waals surface area contributed by atoms with Crippen molar-refractivity contribution in [2.45, 2.75) is 25.3 Å². The third-order valence-corrected chi connectivity index (χ3v) is 1.84. The number of carbonyl (C=O) groups is 3. The molecule has 1 aliphatic heterocycles. The molecule has 0 aromatic rings. The lowest BCUT2D eigenvalue weighted by Crippen LogP contribution is -2.37. The van der Waals surface area contributed by atoms with Crippen LogP contribution < -0.4 is 5.32 Å². The molecule has 0 spiro atoms. The Morgan fingerprint density at radius 2 is 2.21 bits per heavy atom. The molecule has 6 nitrogen and oxygen atoms in total. The van der Waals surface area contributed by atoms with Crippen LogP contribution in [0, 0.1) is 0 Å². The van der Waals surface area contributed by atoms with Crippen molar-refractivity contribution < 1.29 is 24.2 Å². The molecule has 1 aliphatic rings. The second-order valence-corrected chi connectivity index (χ2v) is 2.97. The van der Waals surface area contributed by atoms with Crippen LogP contribution in [0.2, 0.25) is 0 Å². The molecule has 2 N–H and O–H groups in total. The van der Waals surface area contributed by atoms with Gasteiger partial charge in [-0.15, -0.1) is 0 Å². The van der Waals surface area contributed by atoms with Gasteiger partial charge in [-0.3, -0.25) is 9.59 Å². The largest absolute Gasteiger partial charge is 0.481 e. The van der Waals surface area contributed by atoms with Gasteiger partial charge in [-0.1, -0.05) is 0 Å². The summed E-state index contributed by atoms with van der Waals surface area (Å²) in [5.74, 6) is -1.92. The van der Waals surface area contributed by atoms with Crippen LogP contribution in [-0.4, -0.2) is 35.6 Å². The second kappa shape index (κ2) is 4.59. The van der Waals surface area contributed by atoms with E-state index in [-0.39, 0.29) is 12.8 Å². The van der Waals surface area contributed by atoms with E-state index in [0.717, 1.165) is 0 Å². The van der Waals surface area contributed by atoms with Crippen LogP contribution in [0.25, 0.3) is 0 Å². The van der Waals surface area contributed by atoms with Crippen molar-refractivity contribution in [1.29, 1.82) is 0 Å². The van der Waals surface area contributed by atoms with Gasteiger partial charge in [0.1, 0.15) is 6.04 Å². The maximum absolute atomic E-state index is 11.1. The van der Waals surface area contributed by atoms with Gasteiger partial charge in [-0.2, -0.15) is 0 Å². The Hall–Kier alpha value is -1.59. The average molecular weight is 201 g/mol. The molecule has 1 fully saturated rings. The van der Waals surface area contributed by atoms with Gasteiger partial charge in [0.15, 0.2) is 0 Å². The third-order valence-electron chi connectivity index (χ3n) is 1.84. The zero-order valence-corrected chi connectivity index (χ0v) is 7.49. The van der Waals surface area contributed by atoms with E-state index in [1.54, 1.807) is 0 Å². The summed E-state index contributed by atoms with van der Waals surface area (Å²) in [6, 6.07) is -0.601. The Bertz CT molecular complexity index is 262. The van der Waals surface area contributed by atoms with Crippen molar-refractivity contribution in [1.82, 2.24) is 5.32 Å². The Morgan fingerprint density at radius 3 is 2.71 bits per heavy atom. The zero-order valence-electron chi connectivity index (χ0n) is 7.49. The van der Waals surface area contributed by atoms with Gasteiger partial charge in [-0.25, -0.2) is 4.79 Å². The molecule has 1 rings (SSSR count). The van der Waals surface area contributed by atoms with Crippen LogP contribution in [0.5, 0.6) is 0 Å². The third kappa shape index (κ3) is 3.04. The number of hydrogen-bond donors (Lipinski definition) is 2. The second-order valence-electron chi connectivity index (χ2n) is 2.97. The quantitative estimate of drug-likeness (QED) is 0.586. The first kappa shape index (κ1) is 10.5. The monoisotopic (exact) mass is 201 g/mol. The number of hydrogen-bond acceptors (Lipinski definition) is 4. The molecule has 1 amide bonds. The average Bonchev–Trinajstić information content (AvgIpc) is 2.49. The first-order valence-electron chi connectivity index (χ1n) is 4.27. The molecule has 0 aromatic carbocycles. The standard InChI is InChI=1S/C8H11NO5/c10-6(1-2-7(11)12)9-5-3-4-14-8(5)13/h5H,1-4H2,(H,9,10)(H,11,12)/t5-/m1/s1. The molecule has 0 saturated carbocycles. The van der Waals surface area contributed by atoms with E-state index in [9.17, 15) is 14.4 Å². The molecule has 14 heavy (non-hydrogen) atoms. The molecule has 1 atom stereocenters. The molecule has 1 saturated heterocycles. The van der Waals surface area contributed by atoms with Gasteiger partial charge < -0.3 is 15.2 Å². The minimum Gasteiger partial charge on any atom is -0.481 e. The Labute approximate surface area is 80.2 Å². The molecule has 0 aliphatic carbocycles. The van der Waals surface area contributed by atoms with Crippen molar-refractivity contribution >= 4 is 17.8 Å². The van der Waals surface area contributed by atoms with E-state index >= 15 is 0 Å². The summed E-state index contributed by atoms with van der Waals surface area (Å²) in [7, 11) is 0. The summed E-state index contributed by atoms with van der Waals surface area (Å²) in [5.41, 5.74) is 0. The number of rotatable bonds is 4. The maximum Gasteiger partial charge on any atom is 0.328 e. The van der Waals surface area contributed by atoms with Crippen LogP contribution in [-0.2, 0) is 19.1 Å². The minimum atomic E-state index is -1.03. The Morgan fingerprint density at radius 1 is 1.50 bits per heavy atom. The molecular weight excluding hydrogens is 190 g/mol. The first-order chi connectivity index (χ1) is 6.59. The van der Waals surface area contributed by atoms with Gasteiger partial charge in [-0.05, 0) is 0 Å². The van der Waals surface area contributed by atoms with Crippen LogP contribution in [0.15, 0.2) is 0 Å². The Kier molecular flexibility index (Phi) is 3.44. The number of carboxylic acid groups (broad SMARTS) is 1. The van der Waals surface area contributed by atoms with Gasteiger partial charge in [0.2, 0.25) is 5.91 Å². The van der Waals surface area contributed by atoms with E-state index in [4.69, 9.17) is 5.11 Å². The Balaban J connectivity index is 2.26. The summed E-state index contributed by atoms with van der Waals surface area (Å²) in [6.07, 6.45) is 0.115. The van der Waals surface area contributed by atoms with Gasteiger partial charge >= 0.3 is 11.9 Å². The molecular formula is C8H11NO5. The summed E-state index contributed by atoms with van der Waals surface area (Å²) in [6.45, 7) is 0.308. The van der Waals surface area contributed by atoms with Crippen LogP contribution in [0.4, 0.5) is 0 Å². The van der Waals surface area contributed by atoms with E-state index < -0.39 is 23.9 Å². The van der Waals surface area contributed by atoms with Crippen LogP contribution in [0.3, 0.4) is 0 Å². The number of esters is 1. The highest BCUT2D eigenvalue weighted by molar-refractivity contribution is 5.86. The van der Waals surface area contributed by atoms with E-state index in [1.165, 1.54) is 0 Å². The van der Waals surface area contributed by atoms with E-state index in [2.05, 4.69) is 10.1 Å². The number of cyclic esters (lactones) is 1. The van der Waals surface area contributed by atoms with Crippen molar-refractivity contribution in [3.05, 3.63) is 0 Å². The molecule has 0 unspecified atom stereocenters. The number of carbonyl (C=O) groups excluding carboxylic acids is 2.